The van der Waals surface area contributed by atoms with Gasteiger partial charge in [-0.25, -0.2) is 4.39 Å². The van der Waals surface area contributed by atoms with E-state index in [9.17, 15) is 4.39 Å². The molecule has 5 heteroatoms. The van der Waals surface area contributed by atoms with Crippen molar-refractivity contribution in [3.05, 3.63) is 56.4 Å². The van der Waals surface area contributed by atoms with Gasteiger partial charge >= 0.3 is 0 Å². The Bertz CT molecular complexity index is 461. The normalized spacial score (nSPS) is 11.9. The Balaban J connectivity index is 0.00000128. The quantitative estimate of drug-likeness (QED) is 0.884. The first-order valence-electron chi connectivity index (χ1n) is 4.42. The van der Waals surface area contributed by atoms with Crippen molar-refractivity contribution in [2.24, 2.45) is 5.73 Å². The fourth-order valence-electron chi connectivity index (χ4n) is 1.34. The highest BCUT2D eigenvalue weighted by Gasteiger charge is 2.11. The van der Waals surface area contributed by atoms with Gasteiger partial charge in [-0.15, -0.1) is 23.7 Å². The Morgan fingerprint density at radius 3 is 2.62 bits per heavy atom. The van der Waals surface area contributed by atoms with E-state index < -0.39 is 0 Å². The lowest BCUT2D eigenvalue weighted by molar-refractivity contribution is 0.617. The fraction of sp³-hybridized carbons (Fsp3) is 0.0909. The van der Waals surface area contributed by atoms with Gasteiger partial charge in [0.2, 0.25) is 0 Å². The molecule has 2 aromatic rings. The van der Waals surface area contributed by atoms with Crippen molar-refractivity contribution in [1.82, 2.24) is 0 Å². The molecule has 0 radical (unpaired) electrons. The first-order chi connectivity index (χ1) is 7.18. The van der Waals surface area contributed by atoms with E-state index in [1.807, 2.05) is 23.6 Å². The van der Waals surface area contributed by atoms with Crippen LogP contribution < -0.4 is 5.73 Å². The first kappa shape index (κ1) is 13.6. The van der Waals surface area contributed by atoms with Crippen LogP contribution >= 0.6 is 39.7 Å². The molecular weight excluding hydrogens is 313 g/mol. The van der Waals surface area contributed by atoms with Crippen molar-refractivity contribution in [1.29, 1.82) is 0 Å². The van der Waals surface area contributed by atoms with E-state index in [0.29, 0.717) is 4.47 Å². The molecule has 0 aliphatic carbocycles. The Kier molecular flexibility index (Phi) is 4.92. The van der Waals surface area contributed by atoms with Crippen LogP contribution in [0.15, 0.2) is 40.2 Å². The van der Waals surface area contributed by atoms with Crippen molar-refractivity contribution >= 4 is 39.7 Å². The van der Waals surface area contributed by atoms with Gasteiger partial charge in [-0.05, 0) is 45.1 Å². The zero-order chi connectivity index (χ0) is 10.8. The standard InChI is InChI=1S/C11H9BrFNS.ClH/c12-8-4-3-7(6-9(8)13)11(14)10-2-1-5-15-10;/h1-6,11H,14H2;1H/t11-;/m1./s1. The molecule has 0 aliphatic heterocycles. The van der Waals surface area contributed by atoms with Crippen molar-refractivity contribution in [2.75, 3.05) is 0 Å². The molecule has 86 valence electrons. The summed E-state index contributed by atoms with van der Waals surface area (Å²) < 4.78 is 13.7. The van der Waals surface area contributed by atoms with Crippen LogP contribution in [0.5, 0.6) is 0 Å². The topological polar surface area (TPSA) is 26.0 Å². The van der Waals surface area contributed by atoms with Crippen molar-refractivity contribution in [2.45, 2.75) is 6.04 Å². The number of hydrogen-bond donors (Lipinski definition) is 1. The Hall–Kier alpha value is -0.420. The van der Waals surface area contributed by atoms with Crippen LogP contribution in [0.3, 0.4) is 0 Å². The van der Waals surface area contributed by atoms with E-state index in [-0.39, 0.29) is 24.3 Å². The van der Waals surface area contributed by atoms with Crippen molar-refractivity contribution < 1.29 is 4.39 Å². The zero-order valence-corrected chi connectivity index (χ0v) is 11.4. The molecule has 16 heavy (non-hydrogen) atoms. The average molecular weight is 323 g/mol. The van der Waals surface area contributed by atoms with Gasteiger partial charge in [0.15, 0.2) is 0 Å². The van der Waals surface area contributed by atoms with Gasteiger partial charge in [0.25, 0.3) is 0 Å². The molecule has 1 aromatic carbocycles. The van der Waals surface area contributed by atoms with Gasteiger partial charge in [-0.3, -0.25) is 0 Å². The maximum atomic E-state index is 13.3. The number of thiophene rings is 1. The summed E-state index contributed by atoms with van der Waals surface area (Å²) in [7, 11) is 0. The fourth-order valence-corrected chi connectivity index (χ4v) is 2.34. The maximum Gasteiger partial charge on any atom is 0.137 e. The van der Waals surface area contributed by atoms with E-state index in [0.717, 1.165) is 10.4 Å². The molecule has 0 spiro atoms. The molecule has 0 saturated heterocycles. The number of hydrogen-bond acceptors (Lipinski definition) is 2. The summed E-state index contributed by atoms with van der Waals surface area (Å²) in [6.07, 6.45) is 0. The highest BCUT2D eigenvalue weighted by Crippen LogP contribution is 2.26. The molecule has 1 nitrogen and oxygen atoms in total. The molecule has 0 aliphatic rings. The lowest BCUT2D eigenvalue weighted by atomic mass is 10.1. The van der Waals surface area contributed by atoms with E-state index in [1.165, 1.54) is 6.07 Å². The summed E-state index contributed by atoms with van der Waals surface area (Å²) >= 11 is 4.69. The third kappa shape index (κ3) is 2.83. The van der Waals surface area contributed by atoms with Crippen LogP contribution in [-0.4, -0.2) is 0 Å². The number of benzene rings is 1. The van der Waals surface area contributed by atoms with Crippen LogP contribution in [0.4, 0.5) is 4.39 Å². The largest absolute Gasteiger partial charge is 0.320 e. The minimum atomic E-state index is -0.278. The van der Waals surface area contributed by atoms with Crippen LogP contribution in [0.1, 0.15) is 16.5 Å². The van der Waals surface area contributed by atoms with Crippen LogP contribution in [0.2, 0.25) is 0 Å². The van der Waals surface area contributed by atoms with Crippen molar-refractivity contribution in [3.63, 3.8) is 0 Å². The SMILES string of the molecule is Cl.N[C@H](c1ccc(Br)c(F)c1)c1cccs1. The third-order valence-electron chi connectivity index (χ3n) is 2.15. The van der Waals surface area contributed by atoms with Gasteiger partial charge in [0.05, 0.1) is 10.5 Å². The molecule has 0 bridgehead atoms. The number of halogens is 3. The zero-order valence-electron chi connectivity index (χ0n) is 8.19. The molecule has 0 saturated carbocycles. The van der Waals surface area contributed by atoms with Gasteiger partial charge in [0.1, 0.15) is 5.82 Å². The summed E-state index contributed by atoms with van der Waals surface area (Å²) in [5.74, 6) is -0.278. The lowest BCUT2D eigenvalue weighted by Crippen LogP contribution is -2.10. The Morgan fingerprint density at radius 2 is 2.06 bits per heavy atom. The minimum absolute atomic E-state index is 0. The summed E-state index contributed by atoms with van der Waals surface area (Å²) in [6.45, 7) is 0. The van der Waals surface area contributed by atoms with Crippen LogP contribution in [0.25, 0.3) is 0 Å². The van der Waals surface area contributed by atoms with Crippen LogP contribution in [-0.2, 0) is 0 Å². The maximum absolute atomic E-state index is 13.3. The summed E-state index contributed by atoms with van der Waals surface area (Å²) in [5, 5.41) is 1.96. The molecule has 0 unspecified atom stereocenters. The average Bonchev–Trinajstić information content (AvgIpc) is 2.74. The smallest absolute Gasteiger partial charge is 0.137 e. The molecule has 1 aromatic heterocycles. The summed E-state index contributed by atoms with van der Waals surface area (Å²) in [6, 6.07) is 8.63. The van der Waals surface area contributed by atoms with Crippen molar-refractivity contribution in [3.8, 4) is 0 Å². The number of rotatable bonds is 2. The second-order valence-electron chi connectivity index (χ2n) is 3.17. The second-order valence-corrected chi connectivity index (χ2v) is 5.00. The molecule has 2 rings (SSSR count). The Labute approximate surface area is 112 Å². The molecule has 1 heterocycles. The molecular formula is C11H10BrClFNS. The van der Waals surface area contributed by atoms with Gasteiger partial charge < -0.3 is 5.73 Å². The van der Waals surface area contributed by atoms with Gasteiger partial charge in [-0.1, -0.05) is 12.1 Å². The van der Waals surface area contributed by atoms with Gasteiger partial charge in [-0.2, -0.15) is 0 Å². The lowest BCUT2D eigenvalue weighted by Gasteiger charge is -2.10. The van der Waals surface area contributed by atoms with E-state index in [2.05, 4.69) is 15.9 Å². The Morgan fingerprint density at radius 1 is 1.31 bits per heavy atom. The van der Waals surface area contributed by atoms with E-state index in [4.69, 9.17) is 5.73 Å². The highest BCUT2D eigenvalue weighted by molar-refractivity contribution is 9.10. The summed E-state index contributed by atoms with van der Waals surface area (Å²) in [4.78, 5) is 1.04. The highest BCUT2D eigenvalue weighted by atomic mass is 79.9. The second kappa shape index (κ2) is 5.77. The summed E-state index contributed by atoms with van der Waals surface area (Å²) in [5.41, 5.74) is 6.80. The molecule has 0 fully saturated rings. The van der Waals surface area contributed by atoms with E-state index in [1.54, 1.807) is 17.4 Å². The minimum Gasteiger partial charge on any atom is -0.320 e. The molecule has 1 atom stereocenters. The molecule has 0 amide bonds. The third-order valence-corrected chi connectivity index (χ3v) is 3.75. The molecule has 2 N–H and O–H groups in total. The van der Waals surface area contributed by atoms with Crippen LogP contribution in [0, 0.1) is 5.82 Å². The monoisotopic (exact) mass is 321 g/mol. The number of nitrogens with two attached hydrogens (primary N) is 1. The first-order valence-corrected chi connectivity index (χ1v) is 6.09. The predicted octanol–water partition coefficient (Wildman–Crippen LogP) is 4.12. The van der Waals surface area contributed by atoms with E-state index >= 15 is 0 Å². The predicted molar refractivity (Wildman–Crippen MR) is 71.7 cm³/mol. The van der Waals surface area contributed by atoms with Gasteiger partial charge in [0, 0.05) is 4.88 Å².